The van der Waals surface area contributed by atoms with Gasteiger partial charge >= 0.3 is 5.97 Å². The van der Waals surface area contributed by atoms with Crippen LogP contribution >= 0.6 is 23.5 Å². The predicted octanol–water partition coefficient (Wildman–Crippen LogP) is 2.42. The zero-order valence-corrected chi connectivity index (χ0v) is 20.2. The Bertz CT molecular complexity index is 1180. The molecule has 2 fully saturated rings. The first-order valence-corrected chi connectivity index (χ1v) is 12.4. The first-order valence-electron chi connectivity index (χ1n) is 10.6. The SMILES string of the molecule is CCOC(=O)c1ccc(NC(=O)C[C@@H]2S/C(=N\N=C3NC(=O)CS3)N(Cc3ccco3)C2=O)cc1. The molecule has 0 bridgehead atoms. The third-order valence-corrected chi connectivity index (χ3v) is 6.81. The smallest absolute Gasteiger partial charge is 0.338 e. The Kier molecular flexibility index (Phi) is 7.87. The van der Waals surface area contributed by atoms with E-state index in [0.717, 1.165) is 11.8 Å². The van der Waals surface area contributed by atoms with E-state index in [1.54, 1.807) is 43.3 Å². The fourth-order valence-electron chi connectivity index (χ4n) is 3.17. The molecule has 2 aliphatic heterocycles. The van der Waals surface area contributed by atoms with E-state index < -0.39 is 11.2 Å². The molecule has 11 nitrogen and oxygen atoms in total. The number of carbonyl (C=O) groups excluding carboxylic acids is 4. The van der Waals surface area contributed by atoms with Gasteiger partial charge < -0.3 is 19.8 Å². The molecule has 0 aliphatic carbocycles. The fourth-order valence-corrected chi connectivity index (χ4v) is 4.88. The zero-order chi connectivity index (χ0) is 24.8. The van der Waals surface area contributed by atoms with Crippen molar-refractivity contribution < 1.29 is 28.3 Å². The molecule has 0 spiro atoms. The summed E-state index contributed by atoms with van der Waals surface area (Å²) in [5, 5.41) is 13.4. The molecular weight excluding hydrogens is 494 g/mol. The van der Waals surface area contributed by atoms with Crippen molar-refractivity contribution in [2.75, 3.05) is 17.7 Å². The van der Waals surface area contributed by atoms with Crippen molar-refractivity contribution >= 4 is 63.2 Å². The van der Waals surface area contributed by atoms with Gasteiger partial charge in [-0.1, -0.05) is 23.5 Å². The van der Waals surface area contributed by atoms with E-state index in [2.05, 4.69) is 20.8 Å². The maximum absolute atomic E-state index is 13.1. The number of nitrogens with zero attached hydrogens (tertiary/aromatic N) is 3. The fraction of sp³-hybridized carbons (Fsp3) is 0.273. The lowest BCUT2D eigenvalue weighted by Crippen LogP contribution is -2.33. The van der Waals surface area contributed by atoms with Crippen LogP contribution in [0.15, 0.2) is 57.3 Å². The van der Waals surface area contributed by atoms with Crippen molar-refractivity contribution in [2.45, 2.75) is 25.1 Å². The molecule has 4 rings (SSSR count). The topological polar surface area (TPSA) is 143 Å². The monoisotopic (exact) mass is 515 g/mol. The minimum Gasteiger partial charge on any atom is -0.467 e. The molecule has 35 heavy (non-hydrogen) atoms. The maximum Gasteiger partial charge on any atom is 0.338 e. The van der Waals surface area contributed by atoms with E-state index in [0.29, 0.717) is 27.3 Å². The zero-order valence-electron chi connectivity index (χ0n) is 18.6. The summed E-state index contributed by atoms with van der Waals surface area (Å²) in [7, 11) is 0. The third kappa shape index (κ3) is 6.31. The maximum atomic E-state index is 13.1. The molecule has 2 N–H and O–H groups in total. The van der Waals surface area contributed by atoms with Gasteiger partial charge in [0.2, 0.25) is 17.7 Å². The highest BCUT2D eigenvalue weighted by atomic mass is 32.2. The molecule has 1 aromatic heterocycles. The van der Waals surface area contributed by atoms with E-state index in [9.17, 15) is 19.2 Å². The van der Waals surface area contributed by atoms with Gasteiger partial charge in [0.15, 0.2) is 10.3 Å². The van der Waals surface area contributed by atoms with Crippen LogP contribution in [0.3, 0.4) is 0 Å². The number of amides is 3. The quantitative estimate of drug-likeness (QED) is 0.403. The molecule has 1 aromatic carbocycles. The molecule has 0 radical (unpaired) electrons. The first-order chi connectivity index (χ1) is 16.9. The van der Waals surface area contributed by atoms with Gasteiger partial charge in [-0.15, -0.1) is 10.2 Å². The van der Waals surface area contributed by atoms with Crippen LogP contribution in [0.1, 0.15) is 29.5 Å². The largest absolute Gasteiger partial charge is 0.467 e. The summed E-state index contributed by atoms with van der Waals surface area (Å²) in [6.07, 6.45) is 1.40. The van der Waals surface area contributed by atoms with Gasteiger partial charge in [0.1, 0.15) is 11.0 Å². The minimum absolute atomic E-state index is 0.0984. The molecule has 3 heterocycles. The molecule has 3 amide bonds. The standard InChI is InChI=1S/C22H21N5O6S2/c1-2-32-20(31)13-5-7-14(8-6-13)23-17(28)10-16-19(30)27(11-15-4-3-9-33-15)22(35-16)26-25-21-24-18(29)12-34-21/h3-9,16H,2,10-12H2,1H3,(H,23,28)(H,24,25,29)/b26-22-/t16-/m0/s1. The Morgan fingerprint density at radius 2 is 2.03 bits per heavy atom. The van der Waals surface area contributed by atoms with Crippen LogP contribution < -0.4 is 10.6 Å². The number of furan rings is 1. The highest BCUT2D eigenvalue weighted by Crippen LogP contribution is 2.31. The molecule has 13 heteroatoms. The lowest BCUT2D eigenvalue weighted by Gasteiger charge is -2.14. The Balaban J connectivity index is 1.43. The number of rotatable bonds is 8. The van der Waals surface area contributed by atoms with Crippen molar-refractivity contribution in [3.8, 4) is 0 Å². The molecule has 182 valence electrons. The summed E-state index contributed by atoms with van der Waals surface area (Å²) >= 11 is 2.33. The normalized spacial score (nSPS) is 19.9. The Morgan fingerprint density at radius 1 is 1.23 bits per heavy atom. The Morgan fingerprint density at radius 3 is 2.69 bits per heavy atom. The number of thioether (sulfide) groups is 2. The van der Waals surface area contributed by atoms with Crippen LogP contribution in [0.25, 0.3) is 0 Å². The van der Waals surface area contributed by atoms with Crippen molar-refractivity contribution in [1.82, 2.24) is 10.2 Å². The van der Waals surface area contributed by atoms with E-state index in [1.807, 2.05) is 0 Å². The molecule has 2 aromatic rings. The van der Waals surface area contributed by atoms with Crippen molar-refractivity contribution in [1.29, 1.82) is 0 Å². The molecular formula is C22H21N5O6S2. The Hall–Kier alpha value is -3.58. The lowest BCUT2D eigenvalue weighted by atomic mass is 10.2. The number of esters is 1. The van der Waals surface area contributed by atoms with Gasteiger partial charge in [-0.05, 0) is 43.3 Å². The lowest BCUT2D eigenvalue weighted by molar-refractivity contribution is -0.128. The van der Waals surface area contributed by atoms with Gasteiger partial charge in [-0.25, -0.2) is 4.79 Å². The van der Waals surface area contributed by atoms with Crippen LogP contribution in [0.5, 0.6) is 0 Å². The average molecular weight is 516 g/mol. The second-order valence-electron chi connectivity index (χ2n) is 7.28. The summed E-state index contributed by atoms with van der Waals surface area (Å²) in [4.78, 5) is 50.3. The minimum atomic E-state index is -0.714. The highest BCUT2D eigenvalue weighted by Gasteiger charge is 2.40. The number of hydrogen-bond acceptors (Lipinski definition) is 10. The van der Waals surface area contributed by atoms with Gasteiger partial charge in [0.05, 0.1) is 30.7 Å². The summed E-state index contributed by atoms with van der Waals surface area (Å²) in [5.74, 6) is -0.475. The number of ether oxygens (including phenoxy) is 1. The molecule has 0 unspecified atom stereocenters. The second kappa shape index (κ2) is 11.2. The van der Waals surface area contributed by atoms with Crippen molar-refractivity contribution in [2.24, 2.45) is 10.2 Å². The molecule has 2 aliphatic rings. The van der Waals surface area contributed by atoms with Crippen molar-refractivity contribution in [3.05, 3.63) is 54.0 Å². The molecule has 2 saturated heterocycles. The number of nitrogens with one attached hydrogen (secondary N) is 2. The van der Waals surface area contributed by atoms with Gasteiger partial charge in [-0.2, -0.15) is 0 Å². The predicted molar refractivity (Wildman–Crippen MR) is 132 cm³/mol. The first kappa shape index (κ1) is 24.5. The Labute approximate surface area is 208 Å². The molecule has 1 atom stereocenters. The summed E-state index contributed by atoms with van der Waals surface area (Å²) in [6.45, 7) is 2.13. The number of amidine groups is 2. The van der Waals surface area contributed by atoms with Gasteiger partial charge in [0, 0.05) is 12.1 Å². The number of anilines is 1. The molecule has 0 saturated carbocycles. The van der Waals surface area contributed by atoms with Crippen molar-refractivity contribution in [3.63, 3.8) is 0 Å². The van der Waals surface area contributed by atoms with Gasteiger partial charge in [-0.3, -0.25) is 19.3 Å². The number of hydrogen-bond donors (Lipinski definition) is 2. The highest BCUT2D eigenvalue weighted by molar-refractivity contribution is 8.15. The van der Waals surface area contributed by atoms with Gasteiger partial charge in [0.25, 0.3) is 0 Å². The van der Waals surface area contributed by atoms with Crippen LogP contribution in [-0.2, 0) is 25.7 Å². The van der Waals surface area contributed by atoms with Crippen LogP contribution in [0, 0.1) is 0 Å². The summed E-state index contributed by atoms with van der Waals surface area (Å²) in [5.41, 5.74) is 0.860. The van der Waals surface area contributed by atoms with Crippen LogP contribution in [-0.4, -0.2) is 56.5 Å². The van der Waals surface area contributed by atoms with E-state index in [1.165, 1.54) is 22.9 Å². The third-order valence-electron chi connectivity index (χ3n) is 4.78. The van der Waals surface area contributed by atoms with E-state index in [4.69, 9.17) is 9.15 Å². The second-order valence-corrected chi connectivity index (χ2v) is 9.42. The number of carbonyl (C=O) groups is 4. The van der Waals surface area contributed by atoms with E-state index >= 15 is 0 Å². The average Bonchev–Trinajstić information content (AvgIpc) is 3.57. The summed E-state index contributed by atoms with van der Waals surface area (Å²) < 4.78 is 10.3. The summed E-state index contributed by atoms with van der Waals surface area (Å²) in [6, 6.07) is 9.73. The van der Waals surface area contributed by atoms with E-state index in [-0.39, 0.29) is 43.0 Å². The number of benzene rings is 1. The van der Waals surface area contributed by atoms with Crippen LogP contribution in [0.2, 0.25) is 0 Å². The van der Waals surface area contributed by atoms with Crippen LogP contribution in [0.4, 0.5) is 5.69 Å².